The Hall–Kier alpha value is -1.06. The molecular weight excluding hydrogens is 214 g/mol. The fourth-order valence-corrected chi connectivity index (χ4v) is 1.30. The molecule has 1 aromatic carbocycles. The van der Waals surface area contributed by atoms with E-state index in [9.17, 15) is 4.79 Å². The predicted octanol–water partition coefficient (Wildman–Crippen LogP) is 1.99. The van der Waals surface area contributed by atoms with Gasteiger partial charge in [-0.2, -0.15) is 0 Å². The molecule has 0 aliphatic carbocycles. The third-order valence-electron chi connectivity index (χ3n) is 1.87. The number of halogens is 1. The standard InChI is InChI=1S/C11H14ClNO2/c1-13-6-5-11(14)15-8-9-3-2-4-10(12)7-9/h2-4,7,13H,5-6,8H2,1H3. The zero-order valence-corrected chi connectivity index (χ0v) is 9.38. The zero-order chi connectivity index (χ0) is 11.1. The van der Waals surface area contributed by atoms with Crippen molar-refractivity contribution in [2.24, 2.45) is 0 Å². The number of hydrogen-bond donors (Lipinski definition) is 1. The number of ether oxygens (including phenoxy) is 1. The van der Waals surface area contributed by atoms with E-state index >= 15 is 0 Å². The van der Waals surface area contributed by atoms with Gasteiger partial charge in [0.15, 0.2) is 0 Å². The predicted molar refractivity (Wildman–Crippen MR) is 59.8 cm³/mol. The number of benzene rings is 1. The maximum Gasteiger partial charge on any atom is 0.307 e. The van der Waals surface area contributed by atoms with E-state index in [-0.39, 0.29) is 12.6 Å². The quantitative estimate of drug-likeness (QED) is 0.782. The Morgan fingerprint density at radius 1 is 1.53 bits per heavy atom. The van der Waals surface area contributed by atoms with Crippen molar-refractivity contribution in [2.45, 2.75) is 13.0 Å². The Morgan fingerprint density at radius 3 is 3.00 bits per heavy atom. The van der Waals surface area contributed by atoms with Crippen LogP contribution >= 0.6 is 11.6 Å². The Balaban J connectivity index is 2.33. The van der Waals surface area contributed by atoms with E-state index in [1.54, 1.807) is 19.2 Å². The fraction of sp³-hybridized carbons (Fsp3) is 0.364. The first-order chi connectivity index (χ1) is 7.22. The maximum absolute atomic E-state index is 11.2. The van der Waals surface area contributed by atoms with Gasteiger partial charge in [0.25, 0.3) is 0 Å². The topological polar surface area (TPSA) is 38.3 Å². The second-order valence-corrected chi connectivity index (χ2v) is 3.58. The molecule has 0 amide bonds. The largest absolute Gasteiger partial charge is 0.461 e. The zero-order valence-electron chi connectivity index (χ0n) is 8.63. The highest BCUT2D eigenvalue weighted by Gasteiger charge is 2.02. The average Bonchev–Trinajstić information content (AvgIpc) is 2.23. The Kier molecular flexibility index (Phi) is 5.15. The van der Waals surface area contributed by atoms with Gasteiger partial charge >= 0.3 is 5.97 Å². The molecular formula is C11H14ClNO2. The molecule has 4 heteroatoms. The van der Waals surface area contributed by atoms with Gasteiger partial charge in [-0.15, -0.1) is 0 Å². The minimum absolute atomic E-state index is 0.204. The number of carbonyl (C=O) groups excluding carboxylic acids is 1. The van der Waals surface area contributed by atoms with Crippen molar-refractivity contribution in [3.05, 3.63) is 34.9 Å². The van der Waals surface area contributed by atoms with E-state index in [0.29, 0.717) is 18.0 Å². The first kappa shape index (κ1) is 12.0. The van der Waals surface area contributed by atoms with Gasteiger partial charge < -0.3 is 10.1 Å². The molecule has 1 rings (SSSR count). The highest BCUT2D eigenvalue weighted by atomic mass is 35.5. The van der Waals surface area contributed by atoms with E-state index in [1.165, 1.54) is 0 Å². The van der Waals surface area contributed by atoms with Crippen LogP contribution in [0.15, 0.2) is 24.3 Å². The molecule has 0 heterocycles. The monoisotopic (exact) mass is 227 g/mol. The first-order valence-corrected chi connectivity index (χ1v) is 5.15. The molecule has 0 atom stereocenters. The maximum atomic E-state index is 11.2. The summed E-state index contributed by atoms with van der Waals surface area (Å²) >= 11 is 5.79. The molecule has 0 aliphatic heterocycles. The first-order valence-electron chi connectivity index (χ1n) is 4.77. The van der Waals surface area contributed by atoms with Crippen LogP contribution < -0.4 is 5.32 Å². The van der Waals surface area contributed by atoms with Crippen LogP contribution in [0, 0.1) is 0 Å². The number of hydrogen-bond acceptors (Lipinski definition) is 3. The van der Waals surface area contributed by atoms with Crippen LogP contribution in [-0.4, -0.2) is 19.6 Å². The van der Waals surface area contributed by atoms with Crippen LogP contribution in [0.4, 0.5) is 0 Å². The van der Waals surface area contributed by atoms with Gasteiger partial charge in [-0.1, -0.05) is 23.7 Å². The molecule has 0 saturated carbocycles. The lowest BCUT2D eigenvalue weighted by Crippen LogP contribution is -2.14. The number of rotatable bonds is 5. The lowest BCUT2D eigenvalue weighted by Gasteiger charge is -2.04. The second kappa shape index (κ2) is 6.43. The van der Waals surface area contributed by atoms with E-state index in [2.05, 4.69) is 5.32 Å². The van der Waals surface area contributed by atoms with Crippen molar-refractivity contribution in [1.82, 2.24) is 5.32 Å². The summed E-state index contributed by atoms with van der Waals surface area (Å²) in [6, 6.07) is 7.27. The van der Waals surface area contributed by atoms with Crippen molar-refractivity contribution in [2.75, 3.05) is 13.6 Å². The lowest BCUT2D eigenvalue weighted by molar-refractivity contribution is -0.144. The highest BCUT2D eigenvalue weighted by molar-refractivity contribution is 6.30. The molecule has 0 radical (unpaired) electrons. The summed E-state index contributed by atoms with van der Waals surface area (Å²) < 4.78 is 5.05. The Morgan fingerprint density at radius 2 is 2.33 bits per heavy atom. The molecule has 0 fully saturated rings. The molecule has 1 N–H and O–H groups in total. The molecule has 0 aliphatic rings. The summed E-state index contributed by atoms with van der Waals surface area (Å²) in [5, 5.41) is 3.54. The minimum Gasteiger partial charge on any atom is -0.461 e. The van der Waals surface area contributed by atoms with Crippen LogP contribution in [0.25, 0.3) is 0 Å². The van der Waals surface area contributed by atoms with Gasteiger partial charge in [0.2, 0.25) is 0 Å². The fourth-order valence-electron chi connectivity index (χ4n) is 1.09. The van der Waals surface area contributed by atoms with E-state index in [0.717, 1.165) is 5.56 Å². The van der Waals surface area contributed by atoms with Gasteiger partial charge in [0.1, 0.15) is 6.61 Å². The molecule has 82 valence electrons. The smallest absolute Gasteiger partial charge is 0.307 e. The molecule has 0 aromatic heterocycles. The van der Waals surface area contributed by atoms with Crippen molar-refractivity contribution >= 4 is 17.6 Å². The van der Waals surface area contributed by atoms with E-state index < -0.39 is 0 Å². The van der Waals surface area contributed by atoms with Gasteiger partial charge in [-0.25, -0.2) is 0 Å². The summed E-state index contributed by atoms with van der Waals surface area (Å²) in [4.78, 5) is 11.2. The second-order valence-electron chi connectivity index (χ2n) is 3.14. The van der Waals surface area contributed by atoms with Gasteiger partial charge in [-0.3, -0.25) is 4.79 Å². The molecule has 15 heavy (non-hydrogen) atoms. The lowest BCUT2D eigenvalue weighted by atomic mass is 10.2. The highest BCUT2D eigenvalue weighted by Crippen LogP contribution is 2.11. The number of carbonyl (C=O) groups is 1. The molecule has 0 unspecified atom stereocenters. The van der Waals surface area contributed by atoms with Gasteiger partial charge in [-0.05, 0) is 24.7 Å². The molecule has 0 saturated heterocycles. The SMILES string of the molecule is CNCCC(=O)OCc1cccc(Cl)c1. The van der Waals surface area contributed by atoms with Crippen LogP contribution in [0.3, 0.4) is 0 Å². The van der Waals surface area contributed by atoms with Crippen LogP contribution in [0.1, 0.15) is 12.0 Å². The van der Waals surface area contributed by atoms with Crippen LogP contribution in [-0.2, 0) is 16.1 Å². The van der Waals surface area contributed by atoms with Crippen molar-refractivity contribution < 1.29 is 9.53 Å². The van der Waals surface area contributed by atoms with Gasteiger partial charge in [0.05, 0.1) is 6.42 Å². The summed E-state index contributed by atoms with van der Waals surface area (Å²) in [7, 11) is 1.80. The third-order valence-corrected chi connectivity index (χ3v) is 2.10. The van der Waals surface area contributed by atoms with Crippen molar-refractivity contribution in [3.63, 3.8) is 0 Å². The minimum atomic E-state index is -0.204. The molecule has 0 bridgehead atoms. The van der Waals surface area contributed by atoms with E-state index in [1.807, 2.05) is 12.1 Å². The summed E-state index contributed by atoms with van der Waals surface area (Å²) in [6.07, 6.45) is 0.386. The van der Waals surface area contributed by atoms with Crippen molar-refractivity contribution in [3.8, 4) is 0 Å². The number of esters is 1. The van der Waals surface area contributed by atoms with Gasteiger partial charge in [0, 0.05) is 11.6 Å². The number of nitrogens with one attached hydrogen (secondary N) is 1. The molecule has 0 spiro atoms. The van der Waals surface area contributed by atoms with Crippen molar-refractivity contribution in [1.29, 1.82) is 0 Å². The average molecular weight is 228 g/mol. The van der Waals surface area contributed by atoms with E-state index in [4.69, 9.17) is 16.3 Å². The Labute approximate surface area is 94.4 Å². The Bertz CT molecular complexity index is 328. The summed E-state index contributed by atoms with van der Waals surface area (Å²) in [6.45, 7) is 0.914. The summed E-state index contributed by atoms with van der Waals surface area (Å²) in [5.41, 5.74) is 0.903. The third kappa shape index (κ3) is 4.81. The van der Waals surface area contributed by atoms with Crippen LogP contribution in [0.2, 0.25) is 5.02 Å². The molecule has 3 nitrogen and oxygen atoms in total. The van der Waals surface area contributed by atoms with Crippen LogP contribution in [0.5, 0.6) is 0 Å². The summed E-state index contributed by atoms with van der Waals surface area (Å²) in [5.74, 6) is -0.204. The normalized spacial score (nSPS) is 10.0. The molecule has 1 aromatic rings.